The van der Waals surface area contributed by atoms with Crippen molar-refractivity contribution >= 4 is 34.2 Å². The van der Waals surface area contributed by atoms with Crippen molar-refractivity contribution in [2.75, 3.05) is 6.54 Å². The van der Waals surface area contributed by atoms with Crippen LogP contribution in [-0.2, 0) is 6.42 Å². The largest absolute Gasteiger partial charge is 0.315 e. The van der Waals surface area contributed by atoms with Gasteiger partial charge in [-0.3, -0.25) is 4.99 Å². The lowest BCUT2D eigenvalue weighted by molar-refractivity contribution is 0.462. The highest BCUT2D eigenvalue weighted by Crippen LogP contribution is 2.38. The molecule has 0 N–H and O–H groups in total. The van der Waals surface area contributed by atoms with Crippen molar-refractivity contribution in [3.8, 4) is 0 Å². The van der Waals surface area contributed by atoms with Gasteiger partial charge in [0.2, 0.25) is 0 Å². The first-order valence-electron chi connectivity index (χ1n) is 7.31. The molecule has 0 saturated carbocycles. The third kappa shape index (κ3) is 2.55. The van der Waals surface area contributed by atoms with Gasteiger partial charge in [0.1, 0.15) is 0 Å². The van der Waals surface area contributed by atoms with E-state index in [2.05, 4.69) is 52.8 Å². The van der Waals surface area contributed by atoms with Crippen LogP contribution < -0.4 is 0 Å². The van der Waals surface area contributed by atoms with E-state index >= 15 is 0 Å². The van der Waals surface area contributed by atoms with Crippen LogP contribution in [0.1, 0.15) is 11.1 Å². The van der Waals surface area contributed by atoms with Gasteiger partial charge in [0, 0.05) is 10.4 Å². The molecular formula is C18H15ClN2S. The molecule has 2 aliphatic heterocycles. The average molecular weight is 327 g/mol. The van der Waals surface area contributed by atoms with Crippen LogP contribution >= 0.6 is 23.4 Å². The molecule has 2 aromatic rings. The SMILES string of the molecule is Clc1ccc(C2=CSC3=NC[C@@H](Cc4ccccc4)N23)cc1. The van der Waals surface area contributed by atoms with Gasteiger partial charge in [-0.1, -0.05) is 65.8 Å². The Morgan fingerprint density at radius 2 is 1.86 bits per heavy atom. The van der Waals surface area contributed by atoms with Gasteiger partial charge in [-0.2, -0.15) is 0 Å². The van der Waals surface area contributed by atoms with E-state index in [9.17, 15) is 0 Å². The average Bonchev–Trinajstić information content (AvgIpc) is 3.13. The molecular weight excluding hydrogens is 312 g/mol. The zero-order chi connectivity index (χ0) is 14.9. The Kier molecular flexibility index (Phi) is 3.68. The van der Waals surface area contributed by atoms with E-state index in [-0.39, 0.29) is 0 Å². The molecule has 0 unspecified atom stereocenters. The van der Waals surface area contributed by atoms with Crippen LogP contribution in [0.25, 0.3) is 5.70 Å². The van der Waals surface area contributed by atoms with Gasteiger partial charge in [0.05, 0.1) is 18.3 Å². The van der Waals surface area contributed by atoms with E-state index in [4.69, 9.17) is 16.6 Å². The standard InChI is InChI=1S/C18H15ClN2S/c19-15-8-6-14(7-9-15)17-12-22-18-20-11-16(21(17)18)10-13-4-2-1-3-5-13/h1-9,12,16H,10-11H2/t16-/m1/s1. The molecule has 2 heterocycles. The number of amidine groups is 1. The molecule has 0 fully saturated rings. The van der Waals surface area contributed by atoms with E-state index < -0.39 is 0 Å². The lowest BCUT2D eigenvalue weighted by Gasteiger charge is -2.26. The first-order valence-corrected chi connectivity index (χ1v) is 8.57. The van der Waals surface area contributed by atoms with Gasteiger partial charge in [0.15, 0.2) is 5.17 Å². The summed E-state index contributed by atoms with van der Waals surface area (Å²) < 4.78 is 0. The number of benzene rings is 2. The molecule has 2 aromatic carbocycles. The summed E-state index contributed by atoms with van der Waals surface area (Å²) in [4.78, 5) is 7.07. The van der Waals surface area contributed by atoms with Gasteiger partial charge in [-0.05, 0) is 29.7 Å². The number of hydrogen-bond donors (Lipinski definition) is 0. The topological polar surface area (TPSA) is 15.6 Å². The minimum absolute atomic E-state index is 0.398. The predicted molar refractivity (Wildman–Crippen MR) is 95.1 cm³/mol. The third-order valence-electron chi connectivity index (χ3n) is 4.00. The smallest absolute Gasteiger partial charge is 0.168 e. The lowest BCUT2D eigenvalue weighted by Crippen LogP contribution is -2.33. The van der Waals surface area contributed by atoms with Gasteiger partial charge in [-0.25, -0.2) is 0 Å². The Bertz CT molecular complexity index is 737. The van der Waals surface area contributed by atoms with Crippen LogP contribution in [-0.4, -0.2) is 22.7 Å². The fourth-order valence-corrected chi connectivity index (χ4v) is 4.03. The summed E-state index contributed by atoms with van der Waals surface area (Å²) >= 11 is 7.72. The summed E-state index contributed by atoms with van der Waals surface area (Å²) in [6.07, 6.45) is 1.01. The second-order valence-corrected chi connectivity index (χ2v) is 6.74. The fraction of sp³-hybridized carbons (Fsp3) is 0.167. The molecule has 0 bridgehead atoms. The van der Waals surface area contributed by atoms with Crippen LogP contribution in [0.2, 0.25) is 5.02 Å². The highest BCUT2D eigenvalue weighted by molar-refractivity contribution is 8.16. The van der Waals surface area contributed by atoms with Gasteiger partial charge in [0.25, 0.3) is 0 Å². The fourth-order valence-electron chi connectivity index (χ4n) is 2.93. The molecule has 110 valence electrons. The van der Waals surface area contributed by atoms with Crippen LogP contribution in [0.4, 0.5) is 0 Å². The minimum atomic E-state index is 0.398. The summed E-state index contributed by atoms with van der Waals surface area (Å²) in [5.74, 6) is 0. The molecule has 0 spiro atoms. The molecule has 0 saturated heterocycles. The van der Waals surface area contributed by atoms with Crippen LogP contribution in [0.15, 0.2) is 65.0 Å². The monoisotopic (exact) mass is 326 g/mol. The van der Waals surface area contributed by atoms with E-state index in [1.54, 1.807) is 11.8 Å². The second-order valence-electron chi connectivity index (χ2n) is 5.46. The predicted octanol–water partition coefficient (Wildman–Crippen LogP) is 4.67. The third-order valence-corrected chi connectivity index (χ3v) is 5.13. The van der Waals surface area contributed by atoms with Crippen molar-refractivity contribution in [1.82, 2.24) is 4.90 Å². The molecule has 0 aromatic heterocycles. The van der Waals surface area contributed by atoms with E-state index in [0.29, 0.717) is 6.04 Å². The lowest BCUT2D eigenvalue weighted by atomic mass is 10.0. The molecule has 2 nitrogen and oxygen atoms in total. The van der Waals surface area contributed by atoms with E-state index in [1.165, 1.54) is 16.8 Å². The maximum atomic E-state index is 6.00. The van der Waals surface area contributed by atoms with Crippen molar-refractivity contribution in [1.29, 1.82) is 0 Å². The van der Waals surface area contributed by atoms with Crippen LogP contribution in [0.3, 0.4) is 0 Å². The first-order chi connectivity index (χ1) is 10.8. The van der Waals surface area contributed by atoms with Crippen molar-refractivity contribution in [2.24, 2.45) is 4.99 Å². The molecule has 0 radical (unpaired) electrons. The summed E-state index contributed by atoms with van der Waals surface area (Å²) in [6.45, 7) is 0.863. The normalized spacial score (nSPS) is 19.9. The number of hydrogen-bond acceptors (Lipinski definition) is 3. The number of halogens is 1. The highest BCUT2D eigenvalue weighted by Gasteiger charge is 2.34. The molecule has 4 rings (SSSR count). The Morgan fingerprint density at radius 3 is 2.64 bits per heavy atom. The second kappa shape index (κ2) is 5.82. The molecule has 0 aliphatic carbocycles. The summed E-state index contributed by atoms with van der Waals surface area (Å²) in [6, 6.07) is 19.1. The molecule has 1 atom stereocenters. The Labute approximate surface area is 139 Å². The number of nitrogens with zero attached hydrogens (tertiary/aromatic N) is 2. The van der Waals surface area contributed by atoms with Crippen molar-refractivity contribution < 1.29 is 0 Å². The maximum absolute atomic E-state index is 6.00. The van der Waals surface area contributed by atoms with Crippen molar-refractivity contribution in [3.63, 3.8) is 0 Å². The zero-order valence-corrected chi connectivity index (χ0v) is 13.5. The van der Waals surface area contributed by atoms with Crippen molar-refractivity contribution in [2.45, 2.75) is 12.5 Å². The Balaban J connectivity index is 1.60. The maximum Gasteiger partial charge on any atom is 0.168 e. The number of fused-ring (bicyclic) bond motifs is 1. The quantitative estimate of drug-likeness (QED) is 0.814. The van der Waals surface area contributed by atoms with Crippen molar-refractivity contribution in [3.05, 3.63) is 76.2 Å². The van der Waals surface area contributed by atoms with E-state index in [1.807, 2.05) is 12.1 Å². The zero-order valence-electron chi connectivity index (χ0n) is 11.9. The summed E-state index contributed by atoms with van der Waals surface area (Å²) in [5, 5.41) is 4.08. The molecule has 22 heavy (non-hydrogen) atoms. The van der Waals surface area contributed by atoms with Crippen LogP contribution in [0, 0.1) is 0 Å². The molecule has 4 heteroatoms. The van der Waals surface area contributed by atoms with Crippen LogP contribution in [0.5, 0.6) is 0 Å². The van der Waals surface area contributed by atoms with Gasteiger partial charge >= 0.3 is 0 Å². The number of rotatable bonds is 3. The number of aliphatic imine (C=N–C) groups is 1. The Hall–Kier alpha value is -1.71. The Morgan fingerprint density at radius 1 is 1.09 bits per heavy atom. The number of thioether (sulfide) groups is 1. The van der Waals surface area contributed by atoms with Gasteiger partial charge < -0.3 is 4.90 Å². The highest BCUT2D eigenvalue weighted by atomic mass is 35.5. The van der Waals surface area contributed by atoms with E-state index in [0.717, 1.165) is 23.2 Å². The molecule has 0 amide bonds. The first kappa shape index (κ1) is 13.9. The van der Waals surface area contributed by atoms with Gasteiger partial charge in [-0.15, -0.1) is 0 Å². The summed E-state index contributed by atoms with van der Waals surface area (Å²) in [7, 11) is 0. The minimum Gasteiger partial charge on any atom is -0.315 e. The molecule has 2 aliphatic rings. The summed E-state index contributed by atoms with van der Waals surface area (Å²) in [5.41, 5.74) is 3.79.